The highest BCUT2D eigenvalue weighted by Gasteiger charge is 2.15. The topological polar surface area (TPSA) is 64.0 Å². The molecule has 0 atom stereocenters. The van der Waals surface area contributed by atoms with E-state index in [1.807, 2.05) is 61.5 Å². The van der Waals surface area contributed by atoms with Crippen LogP contribution < -0.4 is 10.7 Å². The van der Waals surface area contributed by atoms with Gasteiger partial charge >= 0.3 is 0 Å². The number of carbonyl (C=O) groups is 1. The van der Waals surface area contributed by atoms with Crippen LogP contribution >= 0.6 is 0 Å². The summed E-state index contributed by atoms with van der Waals surface area (Å²) in [6, 6.07) is 18.9. The molecule has 0 saturated carbocycles. The summed E-state index contributed by atoms with van der Waals surface area (Å²) < 4.78 is 1.61. The average Bonchev–Trinajstić information content (AvgIpc) is 2.64. The van der Waals surface area contributed by atoms with Gasteiger partial charge < -0.3 is 5.32 Å². The molecule has 2 aromatic carbocycles. The molecule has 0 aliphatic carbocycles. The zero-order chi connectivity index (χ0) is 18.5. The highest BCUT2D eigenvalue weighted by Crippen LogP contribution is 2.08. The Morgan fingerprint density at radius 1 is 1.04 bits per heavy atom. The van der Waals surface area contributed by atoms with E-state index in [9.17, 15) is 9.59 Å². The molecule has 0 aliphatic heterocycles. The molecule has 26 heavy (non-hydrogen) atoms. The van der Waals surface area contributed by atoms with Gasteiger partial charge in [-0.1, -0.05) is 42.5 Å². The minimum atomic E-state index is -0.451. The van der Waals surface area contributed by atoms with Gasteiger partial charge in [0.1, 0.15) is 0 Å². The summed E-state index contributed by atoms with van der Waals surface area (Å²) in [5.74, 6) is -0.451. The number of rotatable bonds is 5. The summed E-state index contributed by atoms with van der Waals surface area (Å²) in [6.45, 7) is 4.28. The molecule has 1 N–H and O–H groups in total. The normalized spacial score (nSPS) is 10.5. The van der Waals surface area contributed by atoms with Crippen LogP contribution in [0.4, 0.5) is 0 Å². The van der Waals surface area contributed by atoms with Gasteiger partial charge in [-0.25, -0.2) is 4.68 Å². The lowest BCUT2D eigenvalue weighted by Crippen LogP contribution is -2.33. The first kappa shape index (κ1) is 17.6. The van der Waals surface area contributed by atoms with E-state index in [-0.39, 0.29) is 11.1 Å². The maximum absolute atomic E-state index is 12.4. The zero-order valence-electron chi connectivity index (χ0n) is 14.9. The molecule has 3 rings (SSSR count). The van der Waals surface area contributed by atoms with Gasteiger partial charge in [-0.2, -0.15) is 5.10 Å². The molecule has 1 amide bonds. The lowest BCUT2D eigenvalue weighted by Gasteiger charge is -2.11. The van der Waals surface area contributed by atoms with Gasteiger partial charge in [0, 0.05) is 18.3 Å². The number of benzene rings is 2. The first-order valence-corrected chi connectivity index (χ1v) is 8.55. The summed E-state index contributed by atoms with van der Waals surface area (Å²) in [6.07, 6.45) is 0.706. The number of aromatic nitrogens is 2. The summed E-state index contributed by atoms with van der Waals surface area (Å²) in [5, 5.41) is 7.08. The highest BCUT2D eigenvalue weighted by atomic mass is 16.2. The van der Waals surface area contributed by atoms with E-state index in [4.69, 9.17) is 0 Å². The van der Waals surface area contributed by atoms with Gasteiger partial charge in [0.25, 0.3) is 5.91 Å². The summed E-state index contributed by atoms with van der Waals surface area (Å²) >= 11 is 0. The van der Waals surface area contributed by atoms with Crippen molar-refractivity contribution in [2.45, 2.75) is 20.3 Å². The van der Waals surface area contributed by atoms with E-state index in [2.05, 4.69) is 10.4 Å². The van der Waals surface area contributed by atoms with Crippen LogP contribution in [0.25, 0.3) is 5.69 Å². The van der Waals surface area contributed by atoms with Crippen LogP contribution in [0, 0.1) is 13.8 Å². The monoisotopic (exact) mass is 347 g/mol. The standard InChI is InChI=1S/C21H21N3O2/c1-15-8-6-7-9-17(15)12-13-22-21(26)20-19(25)14-16(2)24(23-20)18-10-4-3-5-11-18/h3-11,14H,12-13H2,1-2H3,(H,22,26). The number of nitrogens with zero attached hydrogens (tertiary/aromatic N) is 2. The SMILES string of the molecule is Cc1ccccc1CCNC(=O)c1nn(-c2ccccc2)c(C)cc1=O. The second kappa shape index (κ2) is 7.78. The molecule has 1 heterocycles. The van der Waals surface area contributed by atoms with E-state index in [0.717, 1.165) is 5.69 Å². The minimum Gasteiger partial charge on any atom is -0.350 e. The number of aryl methyl sites for hydroxylation is 2. The van der Waals surface area contributed by atoms with Crippen molar-refractivity contribution in [2.24, 2.45) is 0 Å². The Kier molecular flexibility index (Phi) is 5.27. The Bertz CT molecular complexity index is 978. The van der Waals surface area contributed by atoms with E-state index in [0.29, 0.717) is 18.7 Å². The third-order valence-electron chi connectivity index (χ3n) is 4.26. The molecule has 0 radical (unpaired) electrons. The highest BCUT2D eigenvalue weighted by molar-refractivity contribution is 5.92. The molecule has 3 aromatic rings. The molecule has 132 valence electrons. The van der Waals surface area contributed by atoms with Gasteiger partial charge in [0.05, 0.1) is 5.69 Å². The van der Waals surface area contributed by atoms with Crippen LogP contribution in [0.3, 0.4) is 0 Å². The number of para-hydroxylation sites is 1. The van der Waals surface area contributed by atoms with Gasteiger partial charge in [-0.15, -0.1) is 0 Å². The first-order valence-electron chi connectivity index (χ1n) is 8.55. The molecule has 0 spiro atoms. The lowest BCUT2D eigenvalue weighted by molar-refractivity contribution is 0.0946. The third kappa shape index (κ3) is 3.88. The Morgan fingerprint density at radius 2 is 1.73 bits per heavy atom. The molecular formula is C21H21N3O2. The molecule has 0 aliphatic rings. The Labute approximate surface area is 152 Å². The summed E-state index contributed by atoms with van der Waals surface area (Å²) in [5.41, 5.74) is 3.37. The first-order chi connectivity index (χ1) is 12.6. The van der Waals surface area contributed by atoms with Crippen molar-refractivity contribution in [1.29, 1.82) is 0 Å². The van der Waals surface area contributed by atoms with Crippen molar-refractivity contribution in [1.82, 2.24) is 15.1 Å². The maximum Gasteiger partial charge on any atom is 0.275 e. The quantitative estimate of drug-likeness (QED) is 0.772. The fraction of sp³-hybridized carbons (Fsp3) is 0.190. The second-order valence-electron chi connectivity index (χ2n) is 6.18. The molecule has 1 aromatic heterocycles. The average molecular weight is 347 g/mol. The largest absolute Gasteiger partial charge is 0.350 e. The number of hydrogen-bond donors (Lipinski definition) is 1. The van der Waals surface area contributed by atoms with E-state index in [1.54, 1.807) is 11.6 Å². The van der Waals surface area contributed by atoms with Gasteiger partial charge in [-0.3, -0.25) is 9.59 Å². The lowest BCUT2D eigenvalue weighted by atomic mass is 10.1. The molecule has 0 saturated heterocycles. The fourth-order valence-electron chi connectivity index (χ4n) is 2.82. The smallest absolute Gasteiger partial charge is 0.275 e. The van der Waals surface area contributed by atoms with E-state index >= 15 is 0 Å². The third-order valence-corrected chi connectivity index (χ3v) is 4.26. The Morgan fingerprint density at radius 3 is 2.46 bits per heavy atom. The van der Waals surface area contributed by atoms with Gasteiger partial charge in [0.2, 0.25) is 5.43 Å². The maximum atomic E-state index is 12.4. The van der Waals surface area contributed by atoms with Gasteiger partial charge in [-0.05, 0) is 43.5 Å². The van der Waals surface area contributed by atoms with Crippen molar-refractivity contribution in [3.05, 3.63) is 93.4 Å². The fourth-order valence-corrected chi connectivity index (χ4v) is 2.82. The molecule has 0 fully saturated rings. The predicted octanol–water partition coefficient (Wildman–Crippen LogP) is 2.82. The number of amides is 1. The van der Waals surface area contributed by atoms with Crippen LogP contribution in [-0.2, 0) is 6.42 Å². The van der Waals surface area contributed by atoms with Crippen molar-refractivity contribution in [3.63, 3.8) is 0 Å². The molecule has 0 bridgehead atoms. The summed E-state index contributed by atoms with van der Waals surface area (Å²) in [4.78, 5) is 24.7. The van der Waals surface area contributed by atoms with Crippen molar-refractivity contribution in [2.75, 3.05) is 6.54 Å². The Balaban J connectivity index is 1.77. The van der Waals surface area contributed by atoms with Crippen LogP contribution in [0.2, 0.25) is 0 Å². The van der Waals surface area contributed by atoms with Crippen LogP contribution in [0.15, 0.2) is 65.5 Å². The van der Waals surface area contributed by atoms with E-state index in [1.165, 1.54) is 17.2 Å². The summed E-state index contributed by atoms with van der Waals surface area (Å²) in [7, 11) is 0. The van der Waals surface area contributed by atoms with Crippen LogP contribution in [-0.4, -0.2) is 22.2 Å². The number of hydrogen-bond acceptors (Lipinski definition) is 3. The van der Waals surface area contributed by atoms with Gasteiger partial charge in [0.15, 0.2) is 5.69 Å². The predicted molar refractivity (Wildman–Crippen MR) is 102 cm³/mol. The van der Waals surface area contributed by atoms with Crippen molar-refractivity contribution in [3.8, 4) is 5.69 Å². The second-order valence-corrected chi connectivity index (χ2v) is 6.18. The van der Waals surface area contributed by atoms with Crippen molar-refractivity contribution < 1.29 is 4.79 Å². The van der Waals surface area contributed by atoms with Crippen LogP contribution in [0.1, 0.15) is 27.3 Å². The molecule has 0 unspecified atom stereocenters. The van der Waals surface area contributed by atoms with Crippen LogP contribution in [0.5, 0.6) is 0 Å². The number of nitrogens with one attached hydrogen (secondary N) is 1. The molecular weight excluding hydrogens is 326 g/mol. The van der Waals surface area contributed by atoms with E-state index < -0.39 is 5.91 Å². The zero-order valence-corrected chi connectivity index (χ0v) is 14.9. The minimum absolute atomic E-state index is 0.0933. The van der Waals surface area contributed by atoms with Crippen molar-refractivity contribution >= 4 is 5.91 Å². The molecule has 5 nitrogen and oxygen atoms in total. The Hall–Kier alpha value is -3.21. The number of carbonyl (C=O) groups excluding carboxylic acids is 1. The molecule has 5 heteroatoms.